The van der Waals surface area contributed by atoms with Crippen molar-refractivity contribution in [2.24, 2.45) is 0 Å². The average molecular weight is 398 g/mol. The molecular weight excluding hydrogens is 376 g/mol. The number of fused-ring (bicyclic) bond motifs is 1. The van der Waals surface area contributed by atoms with Crippen molar-refractivity contribution in [2.75, 3.05) is 18.8 Å². The molecule has 0 saturated carbocycles. The number of hydrogen-bond acceptors (Lipinski definition) is 7. The molecule has 0 aliphatic carbocycles. The summed E-state index contributed by atoms with van der Waals surface area (Å²) < 4.78 is 33.0. The normalized spacial score (nSPS) is 16.8. The molecular formula is C16H22N4O6S. The highest BCUT2D eigenvalue weighted by Gasteiger charge is 2.24. The molecule has 0 unspecified atom stereocenters. The SMILES string of the molecule is CCCS(=O)(=O)NC1CCN(Cn2c(=O)oc3ccc([N+](=O)[O-])cc32)CC1. The van der Waals surface area contributed by atoms with Crippen LogP contribution in [0.1, 0.15) is 26.2 Å². The maximum Gasteiger partial charge on any atom is 0.421 e. The molecule has 3 rings (SSSR count). The van der Waals surface area contributed by atoms with E-state index in [1.807, 2.05) is 11.8 Å². The zero-order chi connectivity index (χ0) is 19.6. The van der Waals surface area contributed by atoms with Crippen LogP contribution in [0.5, 0.6) is 0 Å². The number of hydrogen-bond donors (Lipinski definition) is 1. The number of aromatic nitrogens is 1. The van der Waals surface area contributed by atoms with Gasteiger partial charge in [-0.25, -0.2) is 17.9 Å². The fraction of sp³-hybridized carbons (Fsp3) is 0.562. The van der Waals surface area contributed by atoms with Crippen molar-refractivity contribution in [1.82, 2.24) is 14.2 Å². The summed E-state index contributed by atoms with van der Waals surface area (Å²) in [6.45, 7) is 3.27. The molecule has 1 fully saturated rings. The van der Waals surface area contributed by atoms with Gasteiger partial charge in [0.15, 0.2) is 5.58 Å². The van der Waals surface area contributed by atoms with Crippen LogP contribution in [0.2, 0.25) is 0 Å². The fourth-order valence-corrected chi connectivity index (χ4v) is 4.67. The first-order chi connectivity index (χ1) is 12.8. The summed E-state index contributed by atoms with van der Waals surface area (Å²) in [6.07, 6.45) is 1.83. The zero-order valence-corrected chi connectivity index (χ0v) is 15.8. The zero-order valence-electron chi connectivity index (χ0n) is 15.0. The third-order valence-electron chi connectivity index (χ3n) is 4.61. The highest BCUT2D eigenvalue weighted by Crippen LogP contribution is 2.21. The number of nitrogens with one attached hydrogen (secondary N) is 1. The molecule has 11 heteroatoms. The number of nitro groups is 1. The van der Waals surface area contributed by atoms with Gasteiger partial charge in [0.1, 0.15) is 0 Å². The third-order valence-corrected chi connectivity index (χ3v) is 6.25. The van der Waals surface area contributed by atoms with Gasteiger partial charge >= 0.3 is 5.76 Å². The number of likely N-dealkylation sites (tertiary alicyclic amines) is 1. The highest BCUT2D eigenvalue weighted by atomic mass is 32.2. The van der Waals surface area contributed by atoms with Crippen LogP contribution in [-0.2, 0) is 16.7 Å². The highest BCUT2D eigenvalue weighted by molar-refractivity contribution is 7.89. The van der Waals surface area contributed by atoms with Crippen molar-refractivity contribution in [3.05, 3.63) is 38.9 Å². The predicted octanol–water partition coefficient (Wildman–Crippen LogP) is 1.25. The van der Waals surface area contributed by atoms with E-state index in [-0.39, 0.29) is 24.2 Å². The quantitative estimate of drug-likeness (QED) is 0.549. The molecule has 27 heavy (non-hydrogen) atoms. The maximum atomic E-state index is 12.1. The fourth-order valence-electron chi connectivity index (χ4n) is 3.27. The molecule has 1 saturated heterocycles. The molecule has 0 amide bonds. The van der Waals surface area contributed by atoms with E-state index in [9.17, 15) is 23.3 Å². The number of non-ortho nitro benzene ring substituents is 1. The average Bonchev–Trinajstić information content (AvgIpc) is 2.91. The van der Waals surface area contributed by atoms with Gasteiger partial charge in [0.25, 0.3) is 5.69 Å². The summed E-state index contributed by atoms with van der Waals surface area (Å²) in [5.74, 6) is -0.459. The lowest BCUT2D eigenvalue weighted by Gasteiger charge is -2.32. The van der Waals surface area contributed by atoms with Crippen LogP contribution in [0.4, 0.5) is 5.69 Å². The van der Waals surface area contributed by atoms with E-state index in [1.165, 1.54) is 22.8 Å². The predicted molar refractivity (Wildman–Crippen MR) is 98.9 cm³/mol. The van der Waals surface area contributed by atoms with Gasteiger partial charge in [-0.1, -0.05) is 6.92 Å². The molecule has 1 aliphatic heterocycles. The van der Waals surface area contributed by atoms with E-state index >= 15 is 0 Å². The molecule has 1 N–H and O–H groups in total. The lowest BCUT2D eigenvalue weighted by Crippen LogP contribution is -2.46. The number of oxazole rings is 1. The Bertz CT molecular complexity index is 988. The second kappa shape index (κ2) is 7.79. The molecule has 10 nitrogen and oxygen atoms in total. The first-order valence-corrected chi connectivity index (χ1v) is 10.4. The summed E-state index contributed by atoms with van der Waals surface area (Å²) in [5.41, 5.74) is 0.564. The molecule has 1 aromatic heterocycles. The van der Waals surface area contributed by atoms with E-state index in [2.05, 4.69) is 4.72 Å². The summed E-state index contributed by atoms with van der Waals surface area (Å²) in [5, 5.41) is 11.0. The summed E-state index contributed by atoms with van der Waals surface area (Å²) in [6, 6.07) is 3.92. The molecule has 1 aromatic carbocycles. The van der Waals surface area contributed by atoms with Gasteiger partial charge in [0.2, 0.25) is 10.0 Å². The number of sulfonamides is 1. The van der Waals surface area contributed by atoms with Crippen LogP contribution >= 0.6 is 0 Å². The van der Waals surface area contributed by atoms with Crippen LogP contribution in [0.25, 0.3) is 11.1 Å². The largest absolute Gasteiger partial charge is 0.421 e. The molecule has 0 bridgehead atoms. The monoisotopic (exact) mass is 398 g/mol. The number of piperidine rings is 1. The molecule has 2 aromatic rings. The lowest BCUT2D eigenvalue weighted by molar-refractivity contribution is -0.384. The van der Waals surface area contributed by atoms with Crippen LogP contribution in [0.3, 0.4) is 0 Å². The Morgan fingerprint density at radius 2 is 2.04 bits per heavy atom. The van der Waals surface area contributed by atoms with E-state index in [0.29, 0.717) is 43.5 Å². The van der Waals surface area contributed by atoms with Crippen LogP contribution in [0.15, 0.2) is 27.4 Å². The second-order valence-electron chi connectivity index (χ2n) is 6.68. The van der Waals surface area contributed by atoms with Crippen LogP contribution in [0, 0.1) is 10.1 Å². The molecule has 0 spiro atoms. The Balaban J connectivity index is 1.69. The van der Waals surface area contributed by atoms with Gasteiger partial charge in [0.05, 0.1) is 22.9 Å². The minimum atomic E-state index is -3.25. The first kappa shape index (κ1) is 19.5. The Labute approximate surface area is 156 Å². The first-order valence-electron chi connectivity index (χ1n) is 8.79. The second-order valence-corrected chi connectivity index (χ2v) is 8.55. The van der Waals surface area contributed by atoms with Crippen molar-refractivity contribution >= 4 is 26.8 Å². The standard InChI is InChI=1S/C16H22N4O6S/c1-2-9-27(24,25)17-12-5-7-18(8-6-12)11-19-14-10-13(20(22)23)3-4-15(14)26-16(19)21/h3-4,10,12,17H,2,5-9,11H2,1H3. The third kappa shape index (κ3) is 4.54. The molecule has 0 radical (unpaired) electrons. The maximum absolute atomic E-state index is 12.1. The summed E-state index contributed by atoms with van der Waals surface area (Å²) in [7, 11) is -3.25. The minimum Gasteiger partial charge on any atom is -0.408 e. The number of nitrogens with zero attached hydrogens (tertiary/aromatic N) is 3. The topological polar surface area (TPSA) is 128 Å². The van der Waals surface area contributed by atoms with Crippen molar-refractivity contribution in [3.63, 3.8) is 0 Å². The Hall–Kier alpha value is -2.24. The van der Waals surface area contributed by atoms with Crippen molar-refractivity contribution < 1.29 is 17.8 Å². The van der Waals surface area contributed by atoms with Gasteiger partial charge < -0.3 is 4.42 Å². The van der Waals surface area contributed by atoms with Gasteiger partial charge in [-0.15, -0.1) is 0 Å². The number of nitro benzene ring substituents is 1. The molecule has 148 valence electrons. The molecule has 1 aliphatic rings. The van der Waals surface area contributed by atoms with Crippen LogP contribution in [-0.4, -0.2) is 47.7 Å². The van der Waals surface area contributed by atoms with E-state index in [0.717, 1.165) is 0 Å². The van der Waals surface area contributed by atoms with E-state index in [1.54, 1.807) is 0 Å². The minimum absolute atomic E-state index is 0.110. The summed E-state index contributed by atoms with van der Waals surface area (Å²) in [4.78, 5) is 24.6. The Morgan fingerprint density at radius 3 is 2.67 bits per heavy atom. The van der Waals surface area contributed by atoms with Gasteiger partial charge in [0, 0.05) is 31.3 Å². The van der Waals surface area contributed by atoms with Gasteiger partial charge in [-0.05, 0) is 25.3 Å². The number of benzene rings is 1. The van der Waals surface area contributed by atoms with E-state index < -0.39 is 20.7 Å². The van der Waals surface area contributed by atoms with Crippen molar-refractivity contribution in [2.45, 2.75) is 38.9 Å². The lowest BCUT2D eigenvalue weighted by atomic mass is 10.1. The van der Waals surface area contributed by atoms with E-state index in [4.69, 9.17) is 4.42 Å². The van der Waals surface area contributed by atoms with Crippen molar-refractivity contribution in [1.29, 1.82) is 0 Å². The smallest absolute Gasteiger partial charge is 0.408 e. The Morgan fingerprint density at radius 1 is 1.33 bits per heavy atom. The number of rotatable bonds is 7. The van der Waals surface area contributed by atoms with Gasteiger partial charge in [-0.2, -0.15) is 0 Å². The van der Waals surface area contributed by atoms with Gasteiger partial charge in [-0.3, -0.25) is 19.6 Å². The molecule has 0 atom stereocenters. The Kier molecular flexibility index (Phi) is 5.63. The van der Waals surface area contributed by atoms with Crippen molar-refractivity contribution in [3.8, 4) is 0 Å². The molecule has 2 heterocycles. The summed E-state index contributed by atoms with van der Waals surface area (Å²) >= 11 is 0. The van der Waals surface area contributed by atoms with Crippen LogP contribution < -0.4 is 10.5 Å².